The molecule has 0 radical (unpaired) electrons. The van der Waals surface area contributed by atoms with Crippen LogP contribution in [0.15, 0.2) is 32.0 Å². The van der Waals surface area contributed by atoms with Gasteiger partial charge < -0.3 is 4.74 Å². The zero-order chi connectivity index (χ0) is 15.6. The van der Waals surface area contributed by atoms with Crippen molar-refractivity contribution in [2.24, 2.45) is 0 Å². The summed E-state index contributed by atoms with van der Waals surface area (Å²) in [5.41, 5.74) is 0. The number of sulfonamides is 1. The van der Waals surface area contributed by atoms with Gasteiger partial charge in [-0.1, -0.05) is 15.9 Å². The second-order valence-corrected chi connectivity index (χ2v) is 8.23. The van der Waals surface area contributed by atoms with Crippen LogP contribution in [0.25, 0.3) is 0 Å². The molecule has 1 aliphatic rings. The van der Waals surface area contributed by atoms with Crippen molar-refractivity contribution < 1.29 is 17.9 Å². The lowest BCUT2D eigenvalue weighted by Crippen LogP contribution is -2.41. The van der Waals surface area contributed by atoms with Gasteiger partial charge in [0.05, 0.1) is 11.5 Å². The standard InChI is InChI=1S/C13H15Br2NO4S/c1-2-20-13(17)11-4-3-7-16(11)21(18,19)12-6-5-9(14)8-10(12)15/h5-6,8,11H,2-4,7H2,1H3. The zero-order valence-corrected chi connectivity index (χ0v) is 15.4. The molecule has 5 nitrogen and oxygen atoms in total. The highest BCUT2D eigenvalue weighted by Gasteiger charge is 2.40. The van der Waals surface area contributed by atoms with Crippen molar-refractivity contribution in [3.63, 3.8) is 0 Å². The number of halogens is 2. The molecule has 8 heteroatoms. The molecule has 1 aromatic carbocycles. The van der Waals surface area contributed by atoms with E-state index in [2.05, 4.69) is 31.9 Å². The molecule has 21 heavy (non-hydrogen) atoms. The first-order chi connectivity index (χ1) is 9.87. The van der Waals surface area contributed by atoms with Crippen LogP contribution in [0.5, 0.6) is 0 Å². The van der Waals surface area contributed by atoms with Crippen molar-refractivity contribution in [2.45, 2.75) is 30.7 Å². The fraction of sp³-hybridized carbons (Fsp3) is 0.462. The zero-order valence-electron chi connectivity index (χ0n) is 11.4. The molecule has 116 valence electrons. The fourth-order valence-electron chi connectivity index (χ4n) is 2.31. The van der Waals surface area contributed by atoms with Gasteiger partial charge in [-0.3, -0.25) is 4.79 Å². The largest absolute Gasteiger partial charge is 0.465 e. The van der Waals surface area contributed by atoms with Crippen LogP contribution in [-0.4, -0.2) is 37.9 Å². The Kier molecular flexibility index (Phi) is 5.45. The summed E-state index contributed by atoms with van der Waals surface area (Å²) in [5.74, 6) is -0.480. The molecule has 0 saturated carbocycles. The Labute approximate surface area is 141 Å². The molecule has 1 unspecified atom stereocenters. The van der Waals surface area contributed by atoms with Crippen molar-refractivity contribution in [1.82, 2.24) is 4.31 Å². The average Bonchev–Trinajstić information content (AvgIpc) is 2.88. The van der Waals surface area contributed by atoms with Gasteiger partial charge in [-0.05, 0) is 53.9 Å². The molecule has 2 rings (SSSR count). The molecule has 1 aliphatic heterocycles. The van der Waals surface area contributed by atoms with Gasteiger partial charge in [0.2, 0.25) is 10.0 Å². The van der Waals surface area contributed by atoms with E-state index in [0.717, 1.165) is 4.47 Å². The minimum Gasteiger partial charge on any atom is -0.465 e. The Morgan fingerprint density at radius 2 is 2.14 bits per heavy atom. The molecule has 0 amide bonds. The number of carbonyl (C=O) groups is 1. The van der Waals surface area contributed by atoms with Gasteiger partial charge in [0.25, 0.3) is 0 Å². The van der Waals surface area contributed by atoms with Gasteiger partial charge in [-0.2, -0.15) is 4.31 Å². The van der Waals surface area contributed by atoms with E-state index in [-0.39, 0.29) is 11.5 Å². The minimum absolute atomic E-state index is 0.155. The summed E-state index contributed by atoms with van der Waals surface area (Å²) in [5, 5.41) is 0. The molecule has 0 spiro atoms. The van der Waals surface area contributed by atoms with E-state index in [0.29, 0.717) is 23.9 Å². The van der Waals surface area contributed by atoms with E-state index in [1.54, 1.807) is 19.1 Å². The maximum atomic E-state index is 12.8. The summed E-state index contributed by atoms with van der Waals surface area (Å²) in [6.07, 6.45) is 1.14. The summed E-state index contributed by atoms with van der Waals surface area (Å²) >= 11 is 6.56. The third-order valence-electron chi connectivity index (χ3n) is 3.24. The number of hydrogen-bond donors (Lipinski definition) is 0. The SMILES string of the molecule is CCOC(=O)C1CCCN1S(=O)(=O)c1ccc(Br)cc1Br. The second-order valence-electron chi connectivity index (χ2n) is 4.60. The predicted octanol–water partition coefficient (Wildman–Crippen LogP) is 2.93. The van der Waals surface area contributed by atoms with Gasteiger partial charge >= 0.3 is 5.97 Å². The first-order valence-electron chi connectivity index (χ1n) is 6.51. The summed E-state index contributed by atoms with van der Waals surface area (Å²) < 4.78 is 33.0. The predicted molar refractivity (Wildman–Crippen MR) is 85.4 cm³/mol. The van der Waals surface area contributed by atoms with Crippen molar-refractivity contribution in [3.8, 4) is 0 Å². The van der Waals surface area contributed by atoms with Crippen LogP contribution in [0.3, 0.4) is 0 Å². The number of nitrogens with zero attached hydrogens (tertiary/aromatic N) is 1. The monoisotopic (exact) mass is 439 g/mol. The smallest absolute Gasteiger partial charge is 0.324 e. The lowest BCUT2D eigenvalue weighted by molar-refractivity contribution is -0.146. The van der Waals surface area contributed by atoms with Crippen LogP contribution in [0.4, 0.5) is 0 Å². The van der Waals surface area contributed by atoms with Crippen LogP contribution in [0, 0.1) is 0 Å². The molecular weight excluding hydrogens is 426 g/mol. The van der Waals surface area contributed by atoms with Crippen molar-refractivity contribution >= 4 is 47.9 Å². The number of esters is 1. The fourth-order valence-corrected chi connectivity index (χ4v) is 5.67. The number of hydrogen-bond acceptors (Lipinski definition) is 4. The summed E-state index contributed by atoms with van der Waals surface area (Å²) in [7, 11) is -3.73. The number of rotatable bonds is 4. The highest BCUT2D eigenvalue weighted by Crippen LogP contribution is 2.32. The van der Waals surface area contributed by atoms with Crippen LogP contribution >= 0.6 is 31.9 Å². The van der Waals surface area contributed by atoms with Crippen LogP contribution in [0.2, 0.25) is 0 Å². The van der Waals surface area contributed by atoms with Crippen molar-refractivity contribution in [3.05, 3.63) is 27.1 Å². The van der Waals surface area contributed by atoms with Crippen molar-refractivity contribution in [1.29, 1.82) is 0 Å². The van der Waals surface area contributed by atoms with Gasteiger partial charge in [0.15, 0.2) is 0 Å². The highest BCUT2D eigenvalue weighted by molar-refractivity contribution is 9.11. The van der Waals surface area contributed by atoms with E-state index in [1.807, 2.05) is 0 Å². The summed E-state index contributed by atoms with van der Waals surface area (Å²) in [6.45, 7) is 2.27. The number of carbonyl (C=O) groups excluding carboxylic acids is 1. The first kappa shape index (κ1) is 16.9. The van der Waals surface area contributed by atoms with Crippen LogP contribution in [-0.2, 0) is 19.6 Å². The topological polar surface area (TPSA) is 63.7 Å². The normalized spacial score (nSPS) is 19.7. The minimum atomic E-state index is -3.73. The molecule has 1 aromatic rings. The van der Waals surface area contributed by atoms with Crippen molar-refractivity contribution in [2.75, 3.05) is 13.2 Å². The van der Waals surface area contributed by atoms with Gasteiger partial charge in [-0.15, -0.1) is 0 Å². The Bertz CT molecular complexity index is 648. The van der Waals surface area contributed by atoms with E-state index in [4.69, 9.17) is 4.74 Å². The molecule has 1 saturated heterocycles. The van der Waals surface area contributed by atoms with Crippen LogP contribution in [0.1, 0.15) is 19.8 Å². The molecule has 0 aromatic heterocycles. The Hall–Kier alpha value is -0.440. The van der Waals surface area contributed by atoms with E-state index < -0.39 is 22.0 Å². The average molecular weight is 441 g/mol. The molecule has 0 aliphatic carbocycles. The third-order valence-corrected chi connectivity index (χ3v) is 6.62. The Morgan fingerprint density at radius 1 is 1.43 bits per heavy atom. The molecule has 1 atom stereocenters. The molecule has 0 bridgehead atoms. The molecule has 1 fully saturated rings. The maximum absolute atomic E-state index is 12.8. The lowest BCUT2D eigenvalue weighted by Gasteiger charge is -2.23. The second kappa shape index (κ2) is 6.76. The highest BCUT2D eigenvalue weighted by atomic mass is 79.9. The molecule has 1 heterocycles. The first-order valence-corrected chi connectivity index (χ1v) is 9.54. The maximum Gasteiger partial charge on any atom is 0.324 e. The van der Waals surface area contributed by atoms with Gasteiger partial charge in [0, 0.05) is 15.5 Å². The summed E-state index contributed by atoms with van der Waals surface area (Å²) in [6, 6.07) is 4.12. The van der Waals surface area contributed by atoms with E-state index in [1.165, 1.54) is 10.4 Å². The number of benzene rings is 1. The van der Waals surface area contributed by atoms with E-state index in [9.17, 15) is 13.2 Å². The third kappa shape index (κ3) is 3.49. The summed E-state index contributed by atoms with van der Waals surface area (Å²) in [4.78, 5) is 12.1. The van der Waals surface area contributed by atoms with Gasteiger partial charge in [-0.25, -0.2) is 8.42 Å². The molecule has 0 N–H and O–H groups in total. The quantitative estimate of drug-likeness (QED) is 0.675. The van der Waals surface area contributed by atoms with Crippen LogP contribution < -0.4 is 0 Å². The van der Waals surface area contributed by atoms with Gasteiger partial charge in [0.1, 0.15) is 6.04 Å². The Morgan fingerprint density at radius 3 is 2.76 bits per heavy atom. The van der Waals surface area contributed by atoms with E-state index >= 15 is 0 Å². The lowest BCUT2D eigenvalue weighted by atomic mass is 10.2. The molecular formula is C13H15Br2NO4S. The number of ether oxygens (including phenoxy) is 1. The Balaban J connectivity index is 2.36.